The van der Waals surface area contributed by atoms with Gasteiger partial charge in [0.1, 0.15) is 0 Å². The second kappa shape index (κ2) is 4.77. The first-order valence-electron chi connectivity index (χ1n) is 5.16. The third-order valence-corrected chi connectivity index (χ3v) is 2.57. The maximum Gasteiger partial charge on any atom is 0.418 e. The van der Waals surface area contributed by atoms with Crippen LogP contribution in [0.3, 0.4) is 0 Å². The van der Waals surface area contributed by atoms with Gasteiger partial charge in [-0.3, -0.25) is 0 Å². The molecule has 1 atom stereocenters. The van der Waals surface area contributed by atoms with E-state index in [0.29, 0.717) is 6.42 Å². The molecule has 0 bridgehead atoms. The molecule has 3 N–H and O–H groups in total. The number of anilines is 1. The van der Waals surface area contributed by atoms with Gasteiger partial charge in [-0.05, 0) is 31.0 Å². The fraction of sp³-hybridized carbons (Fsp3) is 0.333. The Bertz CT molecular complexity index is 424. The van der Waals surface area contributed by atoms with Crippen LogP contribution >= 0.6 is 0 Å². The highest BCUT2D eigenvalue weighted by Crippen LogP contribution is 2.34. The zero-order valence-electron chi connectivity index (χ0n) is 9.43. The normalized spacial score (nSPS) is 13.5. The van der Waals surface area contributed by atoms with Crippen molar-refractivity contribution in [1.82, 2.24) is 0 Å². The molecule has 1 aromatic carbocycles. The van der Waals surface area contributed by atoms with Crippen LogP contribution in [-0.4, -0.2) is 5.71 Å². The summed E-state index contributed by atoms with van der Waals surface area (Å²) >= 11 is 0. The summed E-state index contributed by atoms with van der Waals surface area (Å²) in [7, 11) is 0. The Morgan fingerprint density at radius 2 is 2.06 bits per heavy atom. The molecule has 0 aliphatic carbocycles. The fourth-order valence-electron chi connectivity index (χ4n) is 1.41. The Hall–Kier alpha value is -1.52. The molecule has 0 unspecified atom stereocenters. The van der Waals surface area contributed by atoms with Crippen LogP contribution in [0.2, 0.25) is 0 Å². The maximum absolute atomic E-state index is 12.6. The lowest BCUT2D eigenvalue weighted by Gasteiger charge is -2.15. The molecule has 0 aromatic heterocycles. The number of alkyl halides is 3. The molecular formula is C12H14F3N2. The summed E-state index contributed by atoms with van der Waals surface area (Å²) < 4.78 is 37.8. The quantitative estimate of drug-likeness (QED) is 0.619. The minimum Gasteiger partial charge on any atom is -0.398 e. The summed E-state index contributed by atoms with van der Waals surface area (Å²) in [5, 5.41) is 7.74. The molecule has 0 fully saturated rings. The minimum absolute atomic E-state index is 0.0954. The first kappa shape index (κ1) is 13.5. The molecule has 0 spiro atoms. The van der Waals surface area contributed by atoms with Crippen molar-refractivity contribution in [2.45, 2.75) is 19.5 Å². The number of halogens is 3. The van der Waals surface area contributed by atoms with Gasteiger partial charge in [-0.25, -0.2) is 0 Å². The van der Waals surface area contributed by atoms with Crippen molar-refractivity contribution < 1.29 is 13.2 Å². The van der Waals surface area contributed by atoms with E-state index in [1.807, 2.05) is 6.92 Å². The summed E-state index contributed by atoms with van der Waals surface area (Å²) in [6.45, 7) is 5.54. The van der Waals surface area contributed by atoms with E-state index in [9.17, 15) is 13.2 Å². The molecular weight excluding hydrogens is 229 g/mol. The van der Waals surface area contributed by atoms with E-state index in [1.165, 1.54) is 12.1 Å². The van der Waals surface area contributed by atoms with E-state index < -0.39 is 11.7 Å². The van der Waals surface area contributed by atoms with Crippen LogP contribution in [0.15, 0.2) is 18.2 Å². The number of rotatable bonds is 3. The molecule has 93 valence electrons. The second-order valence-electron chi connectivity index (χ2n) is 3.82. The number of nitrogen functional groups attached to an aromatic ring is 1. The van der Waals surface area contributed by atoms with E-state index >= 15 is 0 Å². The molecule has 1 radical (unpaired) electrons. The predicted octanol–water partition coefficient (Wildman–Crippen LogP) is 3.52. The molecule has 2 nitrogen and oxygen atoms in total. The summed E-state index contributed by atoms with van der Waals surface area (Å²) in [6, 6.07) is 3.50. The van der Waals surface area contributed by atoms with Crippen molar-refractivity contribution in [3.05, 3.63) is 36.2 Å². The standard InChI is InChI=1S/C12H14F3N2/c1-3-7(2)11(17)8-4-5-10(16)9(6-8)12(13,14)15/h4-7,17H,2-3,16H2,1H3/t7-/m1/s1. The van der Waals surface area contributed by atoms with Crippen molar-refractivity contribution in [3.63, 3.8) is 0 Å². The monoisotopic (exact) mass is 243 g/mol. The highest BCUT2D eigenvalue weighted by atomic mass is 19.4. The molecule has 0 aliphatic rings. The number of benzene rings is 1. The number of hydrogen-bond acceptors (Lipinski definition) is 2. The van der Waals surface area contributed by atoms with Crippen LogP contribution in [0.1, 0.15) is 24.5 Å². The highest BCUT2D eigenvalue weighted by Gasteiger charge is 2.33. The molecule has 0 aliphatic heterocycles. The van der Waals surface area contributed by atoms with E-state index in [1.54, 1.807) is 0 Å². The number of nitrogens with two attached hydrogens (primary N) is 1. The molecule has 17 heavy (non-hydrogen) atoms. The fourth-order valence-corrected chi connectivity index (χ4v) is 1.41. The molecule has 1 aromatic rings. The Labute approximate surface area is 98.1 Å². The topological polar surface area (TPSA) is 49.9 Å². The summed E-state index contributed by atoms with van der Waals surface area (Å²) in [6.07, 6.45) is -3.90. The predicted molar refractivity (Wildman–Crippen MR) is 61.8 cm³/mol. The number of hydrogen-bond donors (Lipinski definition) is 2. The number of nitrogens with one attached hydrogen (secondary N) is 1. The van der Waals surface area contributed by atoms with E-state index in [0.717, 1.165) is 6.07 Å². The third kappa shape index (κ3) is 2.99. The van der Waals surface area contributed by atoms with Gasteiger partial charge in [-0.15, -0.1) is 0 Å². The van der Waals surface area contributed by atoms with E-state index in [4.69, 9.17) is 11.1 Å². The smallest absolute Gasteiger partial charge is 0.398 e. The molecule has 1 rings (SSSR count). The van der Waals surface area contributed by atoms with Gasteiger partial charge in [0.05, 0.1) is 5.56 Å². The van der Waals surface area contributed by atoms with E-state index in [-0.39, 0.29) is 22.9 Å². The third-order valence-electron chi connectivity index (χ3n) is 2.57. The van der Waals surface area contributed by atoms with Crippen LogP contribution in [0, 0.1) is 18.3 Å². The zero-order chi connectivity index (χ0) is 13.2. The molecule has 0 heterocycles. The van der Waals surface area contributed by atoms with Gasteiger partial charge in [-0.1, -0.05) is 13.0 Å². The maximum atomic E-state index is 12.6. The van der Waals surface area contributed by atoms with E-state index in [2.05, 4.69) is 6.92 Å². The van der Waals surface area contributed by atoms with Gasteiger partial charge in [0.15, 0.2) is 0 Å². The Morgan fingerprint density at radius 1 is 1.47 bits per heavy atom. The zero-order valence-corrected chi connectivity index (χ0v) is 9.43. The SMILES string of the molecule is [CH2][C@H](CC)C(=N)c1ccc(N)c(C(F)(F)F)c1. The molecule has 0 amide bonds. The summed E-state index contributed by atoms with van der Waals surface area (Å²) in [5.74, 6) is -0.320. The summed E-state index contributed by atoms with van der Waals surface area (Å²) in [5.41, 5.74) is 4.36. The van der Waals surface area contributed by atoms with Crippen molar-refractivity contribution in [1.29, 1.82) is 5.41 Å². The molecule has 5 heteroatoms. The van der Waals surface area contributed by atoms with Crippen LogP contribution < -0.4 is 5.73 Å². The van der Waals surface area contributed by atoms with Crippen LogP contribution in [0.25, 0.3) is 0 Å². The van der Waals surface area contributed by atoms with Crippen molar-refractivity contribution in [2.24, 2.45) is 5.92 Å². The van der Waals surface area contributed by atoms with Crippen molar-refractivity contribution in [2.75, 3.05) is 5.73 Å². The first-order valence-corrected chi connectivity index (χ1v) is 5.16. The van der Waals surface area contributed by atoms with Crippen LogP contribution in [0.4, 0.5) is 18.9 Å². The van der Waals surface area contributed by atoms with Gasteiger partial charge in [0, 0.05) is 17.3 Å². The Balaban J connectivity index is 3.18. The Morgan fingerprint density at radius 3 is 2.53 bits per heavy atom. The molecule has 0 saturated heterocycles. The van der Waals surface area contributed by atoms with Gasteiger partial charge >= 0.3 is 6.18 Å². The lowest BCUT2D eigenvalue weighted by atomic mass is 9.94. The summed E-state index contributed by atoms with van der Waals surface area (Å²) in [4.78, 5) is 0. The average Bonchev–Trinajstić information content (AvgIpc) is 2.26. The van der Waals surface area contributed by atoms with Crippen LogP contribution in [0.5, 0.6) is 0 Å². The molecule has 0 saturated carbocycles. The first-order chi connectivity index (χ1) is 7.77. The van der Waals surface area contributed by atoms with Crippen molar-refractivity contribution in [3.8, 4) is 0 Å². The van der Waals surface area contributed by atoms with Gasteiger partial charge in [0.2, 0.25) is 0 Å². The van der Waals surface area contributed by atoms with Gasteiger partial charge < -0.3 is 11.1 Å². The minimum atomic E-state index is -4.50. The van der Waals surface area contributed by atoms with Crippen molar-refractivity contribution >= 4 is 11.4 Å². The lowest BCUT2D eigenvalue weighted by molar-refractivity contribution is -0.136. The largest absolute Gasteiger partial charge is 0.418 e. The Kier molecular flexibility index (Phi) is 3.80. The van der Waals surface area contributed by atoms with Gasteiger partial charge in [-0.2, -0.15) is 13.2 Å². The second-order valence-corrected chi connectivity index (χ2v) is 3.82. The lowest BCUT2D eigenvalue weighted by Crippen LogP contribution is -2.14. The average molecular weight is 243 g/mol. The van der Waals surface area contributed by atoms with Crippen LogP contribution in [-0.2, 0) is 6.18 Å². The highest BCUT2D eigenvalue weighted by molar-refractivity contribution is 6.00. The van der Waals surface area contributed by atoms with Gasteiger partial charge in [0.25, 0.3) is 0 Å².